The van der Waals surface area contributed by atoms with E-state index < -0.39 is 10.0 Å². The Morgan fingerprint density at radius 1 is 1.08 bits per heavy atom. The zero-order valence-electron chi connectivity index (χ0n) is 14.3. The summed E-state index contributed by atoms with van der Waals surface area (Å²) >= 11 is 0. The molecule has 1 fully saturated rings. The quantitative estimate of drug-likeness (QED) is 0.900. The fourth-order valence-electron chi connectivity index (χ4n) is 3.31. The number of benzene rings is 1. The summed E-state index contributed by atoms with van der Waals surface area (Å²) in [5, 5.41) is 1.05. The van der Waals surface area contributed by atoms with Crippen molar-refractivity contribution in [3.05, 3.63) is 35.0 Å². The van der Waals surface area contributed by atoms with Crippen LogP contribution in [0, 0.1) is 13.8 Å². The Bertz CT molecular complexity index is 886. The van der Waals surface area contributed by atoms with E-state index in [9.17, 15) is 13.2 Å². The van der Waals surface area contributed by atoms with Gasteiger partial charge in [0.15, 0.2) is 0 Å². The topological polar surface area (TPSA) is 73.5 Å². The lowest BCUT2D eigenvalue weighted by atomic mass is 10.1. The third-order valence-corrected chi connectivity index (χ3v) is 5.83. The number of fused-ring (bicyclic) bond motifs is 1. The van der Waals surface area contributed by atoms with Crippen molar-refractivity contribution in [3.8, 4) is 0 Å². The van der Waals surface area contributed by atoms with E-state index in [1.54, 1.807) is 4.90 Å². The molecular formula is C17H23N3O3S. The van der Waals surface area contributed by atoms with Crippen LogP contribution in [0.5, 0.6) is 0 Å². The summed E-state index contributed by atoms with van der Waals surface area (Å²) in [4.78, 5) is 17.7. The lowest BCUT2D eigenvalue weighted by molar-refractivity contribution is 0.0759. The van der Waals surface area contributed by atoms with Crippen molar-refractivity contribution in [2.75, 3.05) is 32.4 Å². The van der Waals surface area contributed by atoms with Crippen molar-refractivity contribution in [1.82, 2.24) is 14.2 Å². The summed E-state index contributed by atoms with van der Waals surface area (Å²) in [6, 6.07) is 6.03. The molecular weight excluding hydrogens is 326 g/mol. The van der Waals surface area contributed by atoms with E-state index in [1.165, 1.54) is 10.6 Å². The van der Waals surface area contributed by atoms with Gasteiger partial charge in [-0.3, -0.25) is 4.79 Å². The standard InChI is InChI=1S/C17H23N3O3S/c1-12-9-13(2)14-11-16(18-15(14)10-12)17(21)19-5-4-6-20(8-7-19)24(3,22)23/h9-11,18H,4-8H2,1-3H3. The number of hydrogen-bond acceptors (Lipinski definition) is 3. The molecule has 0 radical (unpaired) electrons. The van der Waals surface area contributed by atoms with E-state index in [2.05, 4.69) is 11.1 Å². The molecule has 6 nitrogen and oxygen atoms in total. The molecule has 7 heteroatoms. The highest BCUT2D eigenvalue weighted by Crippen LogP contribution is 2.22. The number of aryl methyl sites for hydroxylation is 2. The molecule has 1 N–H and O–H groups in total. The Balaban J connectivity index is 1.83. The van der Waals surface area contributed by atoms with E-state index in [0.29, 0.717) is 38.3 Å². The van der Waals surface area contributed by atoms with Crippen molar-refractivity contribution in [1.29, 1.82) is 0 Å². The molecule has 24 heavy (non-hydrogen) atoms. The molecule has 1 aliphatic heterocycles. The molecule has 3 rings (SSSR count). The minimum Gasteiger partial charge on any atom is -0.351 e. The van der Waals surface area contributed by atoms with Crippen molar-refractivity contribution >= 4 is 26.8 Å². The molecule has 2 heterocycles. The van der Waals surface area contributed by atoms with Gasteiger partial charge < -0.3 is 9.88 Å². The number of carbonyl (C=O) groups is 1. The van der Waals surface area contributed by atoms with Crippen LogP contribution in [-0.2, 0) is 10.0 Å². The van der Waals surface area contributed by atoms with E-state index >= 15 is 0 Å². The van der Waals surface area contributed by atoms with Gasteiger partial charge in [0.05, 0.1) is 6.26 Å². The second kappa shape index (κ2) is 6.22. The van der Waals surface area contributed by atoms with Crippen molar-refractivity contribution in [2.24, 2.45) is 0 Å². The maximum absolute atomic E-state index is 12.8. The summed E-state index contributed by atoms with van der Waals surface area (Å²) in [5.41, 5.74) is 3.81. The van der Waals surface area contributed by atoms with E-state index in [0.717, 1.165) is 22.0 Å². The maximum Gasteiger partial charge on any atom is 0.270 e. The zero-order chi connectivity index (χ0) is 17.5. The number of rotatable bonds is 2. The molecule has 0 bridgehead atoms. The predicted molar refractivity (Wildman–Crippen MR) is 94.7 cm³/mol. The Kier molecular flexibility index (Phi) is 4.40. The van der Waals surface area contributed by atoms with Crippen LogP contribution in [-0.4, -0.2) is 60.9 Å². The Hall–Kier alpha value is -1.86. The van der Waals surface area contributed by atoms with Gasteiger partial charge in [-0.15, -0.1) is 0 Å². The molecule has 1 aromatic heterocycles. The van der Waals surface area contributed by atoms with E-state index in [-0.39, 0.29) is 5.91 Å². The number of amides is 1. The van der Waals surface area contributed by atoms with Gasteiger partial charge in [0.2, 0.25) is 10.0 Å². The summed E-state index contributed by atoms with van der Waals surface area (Å²) in [6.07, 6.45) is 1.87. The first kappa shape index (κ1) is 17.0. The molecule has 2 aromatic rings. The second-order valence-electron chi connectivity index (χ2n) is 6.53. The third-order valence-electron chi connectivity index (χ3n) is 4.53. The van der Waals surface area contributed by atoms with Gasteiger partial charge in [-0.2, -0.15) is 0 Å². The molecule has 0 atom stereocenters. The van der Waals surface area contributed by atoms with Gasteiger partial charge in [0, 0.05) is 37.1 Å². The summed E-state index contributed by atoms with van der Waals surface area (Å²) < 4.78 is 24.8. The Morgan fingerprint density at radius 2 is 1.83 bits per heavy atom. The molecule has 1 amide bonds. The lowest BCUT2D eigenvalue weighted by Crippen LogP contribution is -2.37. The summed E-state index contributed by atoms with van der Waals surface area (Å²) in [5.74, 6) is -0.0707. The van der Waals surface area contributed by atoms with Gasteiger partial charge in [-0.1, -0.05) is 6.07 Å². The second-order valence-corrected chi connectivity index (χ2v) is 8.52. The van der Waals surface area contributed by atoms with Gasteiger partial charge in [-0.05, 0) is 43.5 Å². The first-order chi connectivity index (χ1) is 11.3. The zero-order valence-corrected chi connectivity index (χ0v) is 15.1. The summed E-state index contributed by atoms with van der Waals surface area (Å²) in [6.45, 7) is 5.87. The number of nitrogens with one attached hydrogen (secondary N) is 1. The normalized spacial score (nSPS) is 17.2. The van der Waals surface area contributed by atoms with Crippen LogP contribution >= 0.6 is 0 Å². The highest BCUT2D eigenvalue weighted by atomic mass is 32.2. The fourth-order valence-corrected chi connectivity index (χ4v) is 4.19. The number of aromatic amines is 1. The molecule has 1 saturated heterocycles. The third kappa shape index (κ3) is 3.32. The monoisotopic (exact) mass is 349 g/mol. The summed E-state index contributed by atoms with van der Waals surface area (Å²) in [7, 11) is -3.21. The van der Waals surface area contributed by atoms with Crippen LogP contribution in [0.2, 0.25) is 0 Å². The molecule has 0 aliphatic carbocycles. The molecule has 1 aromatic carbocycles. The molecule has 0 spiro atoms. The number of aromatic nitrogens is 1. The largest absolute Gasteiger partial charge is 0.351 e. The fraction of sp³-hybridized carbons (Fsp3) is 0.471. The molecule has 130 valence electrons. The van der Waals surface area contributed by atoms with Crippen LogP contribution in [0.1, 0.15) is 28.0 Å². The Morgan fingerprint density at radius 3 is 2.54 bits per heavy atom. The average molecular weight is 349 g/mol. The smallest absolute Gasteiger partial charge is 0.270 e. The Labute approximate surface area is 142 Å². The average Bonchev–Trinajstić information content (AvgIpc) is 2.75. The minimum atomic E-state index is -3.21. The number of H-pyrrole nitrogens is 1. The van der Waals surface area contributed by atoms with E-state index in [1.807, 2.05) is 26.0 Å². The van der Waals surface area contributed by atoms with Crippen LogP contribution in [0.3, 0.4) is 0 Å². The van der Waals surface area contributed by atoms with Crippen LogP contribution < -0.4 is 0 Å². The first-order valence-electron chi connectivity index (χ1n) is 8.10. The lowest BCUT2D eigenvalue weighted by Gasteiger charge is -2.20. The van der Waals surface area contributed by atoms with Crippen LogP contribution in [0.25, 0.3) is 10.9 Å². The highest BCUT2D eigenvalue weighted by Gasteiger charge is 2.25. The van der Waals surface area contributed by atoms with E-state index in [4.69, 9.17) is 0 Å². The number of carbonyl (C=O) groups excluding carboxylic acids is 1. The highest BCUT2D eigenvalue weighted by molar-refractivity contribution is 7.88. The number of hydrogen-bond donors (Lipinski definition) is 1. The number of nitrogens with zero attached hydrogens (tertiary/aromatic N) is 2. The van der Waals surface area contributed by atoms with Crippen molar-refractivity contribution in [2.45, 2.75) is 20.3 Å². The van der Waals surface area contributed by atoms with Gasteiger partial charge in [0.25, 0.3) is 5.91 Å². The van der Waals surface area contributed by atoms with Gasteiger partial charge >= 0.3 is 0 Å². The van der Waals surface area contributed by atoms with Crippen LogP contribution in [0.4, 0.5) is 0 Å². The molecule has 0 saturated carbocycles. The van der Waals surface area contributed by atoms with Crippen molar-refractivity contribution < 1.29 is 13.2 Å². The predicted octanol–water partition coefficient (Wildman–Crippen LogP) is 1.89. The van der Waals surface area contributed by atoms with Gasteiger partial charge in [-0.25, -0.2) is 12.7 Å². The molecule has 1 aliphatic rings. The van der Waals surface area contributed by atoms with Gasteiger partial charge in [0.1, 0.15) is 5.69 Å². The SMILES string of the molecule is Cc1cc(C)c2cc(C(=O)N3CCCN(S(C)(=O)=O)CC3)[nH]c2c1. The first-order valence-corrected chi connectivity index (χ1v) is 9.95. The maximum atomic E-state index is 12.8. The van der Waals surface area contributed by atoms with Crippen LogP contribution in [0.15, 0.2) is 18.2 Å². The van der Waals surface area contributed by atoms with Crippen molar-refractivity contribution in [3.63, 3.8) is 0 Å². The molecule has 0 unspecified atom stereocenters. The minimum absolute atomic E-state index is 0.0707. The number of sulfonamides is 1.